The number of carbonyl (C=O) groups is 1. The highest BCUT2D eigenvalue weighted by molar-refractivity contribution is 6.00. The highest BCUT2D eigenvalue weighted by Crippen LogP contribution is 2.33. The molecule has 0 saturated heterocycles. The molecular formula is C25H27N5O2. The molecule has 0 saturated carbocycles. The second-order valence-electron chi connectivity index (χ2n) is 7.77. The fourth-order valence-corrected chi connectivity index (χ4v) is 3.89. The first-order valence-electron chi connectivity index (χ1n) is 10.6. The van der Waals surface area contributed by atoms with Crippen molar-refractivity contribution in [2.75, 3.05) is 19.0 Å². The topological polar surface area (TPSA) is 95.1 Å². The molecule has 0 bridgehead atoms. The number of hydrogen-bond acceptors (Lipinski definition) is 5. The SMILES string of the molecule is COc1cc2ncc(C(N)=O)c(Cc3ccccc3C)c2cc1NCCCn1ccnc1. The Morgan fingerprint density at radius 1 is 1.25 bits per heavy atom. The second kappa shape index (κ2) is 9.51. The van der Waals surface area contributed by atoms with Crippen LogP contribution in [0.5, 0.6) is 5.75 Å². The van der Waals surface area contributed by atoms with Gasteiger partial charge in [-0.25, -0.2) is 4.98 Å². The summed E-state index contributed by atoms with van der Waals surface area (Å²) in [4.78, 5) is 20.8. The molecule has 0 fully saturated rings. The van der Waals surface area contributed by atoms with Crippen LogP contribution >= 0.6 is 0 Å². The highest BCUT2D eigenvalue weighted by atomic mass is 16.5. The van der Waals surface area contributed by atoms with E-state index in [1.807, 2.05) is 41.4 Å². The number of ether oxygens (including phenoxy) is 1. The van der Waals surface area contributed by atoms with E-state index in [-0.39, 0.29) is 0 Å². The van der Waals surface area contributed by atoms with Gasteiger partial charge in [0.2, 0.25) is 0 Å². The number of amides is 1. The molecule has 0 spiro atoms. The quantitative estimate of drug-likeness (QED) is 0.393. The Balaban J connectivity index is 1.69. The summed E-state index contributed by atoms with van der Waals surface area (Å²) in [5, 5.41) is 4.36. The summed E-state index contributed by atoms with van der Waals surface area (Å²) in [6, 6.07) is 12.1. The van der Waals surface area contributed by atoms with Crippen LogP contribution in [0.1, 0.15) is 33.5 Å². The van der Waals surface area contributed by atoms with Crippen LogP contribution in [0.2, 0.25) is 0 Å². The van der Waals surface area contributed by atoms with Crippen LogP contribution < -0.4 is 15.8 Å². The number of hydrogen-bond donors (Lipinski definition) is 2. The second-order valence-corrected chi connectivity index (χ2v) is 7.77. The molecule has 0 aliphatic carbocycles. The summed E-state index contributed by atoms with van der Waals surface area (Å²) in [7, 11) is 1.64. The molecule has 3 N–H and O–H groups in total. The van der Waals surface area contributed by atoms with E-state index < -0.39 is 5.91 Å². The Morgan fingerprint density at radius 2 is 2.09 bits per heavy atom. The van der Waals surface area contributed by atoms with E-state index in [0.717, 1.165) is 47.2 Å². The predicted molar refractivity (Wildman–Crippen MR) is 126 cm³/mol. The first-order chi connectivity index (χ1) is 15.6. The zero-order valence-electron chi connectivity index (χ0n) is 18.3. The fraction of sp³-hybridized carbons (Fsp3) is 0.240. The fourth-order valence-electron chi connectivity index (χ4n) is 3.89. The van der Waals surface area contributed by atoms with E-state index in [0.29, 0.717) is 17.7 Å². The minimum Gasteiger partial charge on any atom is -0.495 e. The summed E-state index contributed by atoms with van der Waals surface area (Å²) < 4.78 is 7.65. The molecule has 2 aromatic heterocycles. The Labute approximate surface area is 187 Å². The van der Waals surface area contributed by atoms with Gasteiger partial charge in [-0.2, -0.15) is 0 Å². The molecule has 0 unspecified atom stereocenters. The first kappa shape index (κ1) is 21.4. The minimum atomic E-state index is -0.478. The number of nitrogens with one attached hydrogen (secondary N) is 1. The van der Waals surface area contributed by atoms with Crippen molar-refractivity contribution in [3.63, 3.8) is 0 Å². The number of nitrogens with zero attached hydrogens (tertiary/aromatic N) is 3. The number of pyridine rings is 1. The molecule has 1 amide bonds. The van der Waals surface area contributed by atoms with Gasteiger partial charge in [-0.15, -0.1) is 0 Å². The van der Waals surface area contributed by atoms with Gasteiger partial charge in [-0.1, -0.05) is 24.3 Å². The van der Waals surface area contributed by atoms with Crippen LogP contribution in [0.25, 0.3) is 10.9 Å². The maximum atomic E-state index is 12.2. The molecule has 0 aliphatic rings. The monoisotopic (exact) mass is 429 g/mol. The molecule has 0 radical (unpaired) electrons. The lowest BCUT2D eigenvalue weighted by Crippen LogP contribution is -2.15. The van der Waals surface area contributed by atoms with E-state index in [4.69, 9.17) is 10.5 Å². The molecule has 4 aromatic rings. The third-order valence-corrected chi connectivity index (χ3v) is 5.66. The van der Waals surface area contributed by atoms with Gasteiger partial charge in [0.05, 0.1) is 30.2 Å². The van der Waals surface area contributed by atoms with E-state index >= 15 is 0 Å². The maximum absolute atomic E-state index is 12.2. The Kier molecular flexibility index (Phi) is 6.35. The van der Waals surface area contributed by atoms with E-state index in [1.54, 1.807) is 19.5 Å². The lowest BCUT2D eigenvalue weighted by molar-refractivity contribution is 0.0999. The van der Waals surface area contributed by atoms with Crippen molar-refractivity contribution in [2.24, 2.45) is 5.73 Å². The molecule has 4 rings (SSSR count). The molecular weight excluding hydrogens is 402 g/mol. The van der Waals surface area contributed by atoms with E-state index in [9.17, 15) is 4.79 Å². The molecule has 0 aliphatic heterocycles. The van der Waals surface area contributed by atoms with Crippen LogP contribution in [0.4, 0.5) is 5.69 Å². The summed E-state index contributed by atoms with van der Waals surface area (Å²) in [6.45, 7) is 3.70. The lowest BCUT2D eigenvalue weighted by atomic mass is 9.94. The number of imidazole rings is 1. The largest absolute Gasteiger partial charge is 0.495 e. The predicted octanol–water partition coefficient (Wildman–Crippen LogP) is 3.94. The van der Waals surface area contributed by atoms with Crippen LogP contribution in [0, 0.1) is 6.92 Å². The Bertz CT molecular complexity index is 1230. The smallest absolute Gasteiger partial charge is 0.250 e. The normalized spacial score (nSPS) is 10.9. The van der Waals surface area contributed by atoms with Crippen LogP contribution in [-0.4, -0.2) is 34.1 Å². The average molecular weight is 430 g/mol. The molecule has 2 heterocycles. The van der Waals surface area contributed by atoms with E-state index in [2.05, 4.69) is 34.3 Å². The third kappa shape index (κ3) is 4.56. The first-order valence-corrected chi connectivity index (χ1v) is 10.6. The van der Waals surface area contributed by atoms with Gasteiger partial charge in [-0.3, -0.25) is 9.78 Å². The number of rotatable bonds is 9. The van der Waals surface area contributed by atoms with Crippen molar-refractivity contribution in [1.82, 2.24) is 14.5 Å². The Hall–Kier alpha value is -3.87. The number of carbonyl (C=O) groups excluding carboxylic acids is 1. The van der Waals surface area contributed by atoms with Crippen LogP contribution in [0.15, 0.2) is 61.3 Å². The zero-order valence-corrected chi connectivity index (χ0v) is 18.3. The molecule has 2 aromatic carbocycles. The molecule has 7 heteroatoms. The number of nitrogens with two attached hydrogens (primary N) is 1. The van der Waals surface area contributed by atoms with Crippen molar-refractivity contribution < 1.29 is 9.53 Å². The van der Waals surface area contributed by atoms with Crippen molar-refractivity contribution in [2.45, 2.75) is 26.3 Å². The standard InChI is InChI=1S/C25H27N5O2/c1-17-6-3-4-7-18(17)12-19-20-13-23(28-8-5-10-30-11-9-27-16-30)24(32-2)14-22(20)29-15-21(19)25(26)31/h3-4,6-7,9,11,13-16,28H,5,8,10,12H2,1-2H3,(H2,26,31). The summed E-state index contributed by atoms with van der Waals surface area (Å²) in [5.41, 5.74) is 11.0. The number of benzene rings is 2. The summed E-state index contributed by atoms with van der Waals surface area (Å²) >= 11 is 0. The van der Waals surface area contributed by atoms with Crippen molar-refractivity contribution in [3.05, 3.63) is 83.6 Å². The zero-order chi connectivity index (χ0) is 22.5. The van der Waals surface area contributed by atoms with Gasteiger partial charge in [0.1, 0.15) is 5.75 Å². The Morgan fingerprint density at radius 3 is 2.81 bits per heavy atom. The summed E-state index contributed by atoms with van der Waals surface area (Å²) in [6.07, 6.45) is 8.62. The number of fused-ring (bicyclic) bond motifs is 1. The maximum Gasteiger partial charge on any atom is 0.250 e. The van der Waals surface area contributed by atoms with Crippen molar-refractivity contribution in [1.29, 1.82) is 0 Å². The third-order valence-electron chi connectivity index (χ3n) is 5.66. The average Bonchev–Trinajstić information content (AvgIpc) is 3.31. The van der Waals surface area contributed by atoms with E-state index in [1.165, 1.54) is 5.56 Å². The number of primary amides is 1. The highest BCUT2D eigenvalue weighted by Gasteiger charge is 2.17. The van der Waals surface area contributed by atoms with Gasteiger partial charge in [0.15, 0.2) is 0 Å². The van der Waals surface area contributed by atoms with Crippen molar-refractivity contribution >= 4 is 22.5 Å². The number of anilines is 1. The molecule has 0 atom stereocenters. The van der Waals surface area contributed by atoms with Crippen LogP contribution in [-0.2, 0) is 13.0 Å². The van der Waals surface area contributed by atoms with Gasteiger partial charge in [-0.05, 0) is 42.5 Å². The van der Waals surface area contributed by atoms with Gasteiger partial charge in [0.25, 0.3) is 5.91 Å². The number of methoxy groups -OCH3 is 1. The van der Waals surface area contributed by atoms with Crippen molar-refractivity contribution in [3.8, 4) is 5.75 Å². The number of aryl methyl sites for hydroxylation is 2. The molecule has 7 nitrogen and oxygen atoms in total. The minimum absolute atomic E-state index is 0.442. The van der Waals surface area contributed by atoms with Gasteiger partial charge in [0, 0.05) is 43.1 Å². The van der Waals surface area contributed by atoms with Gasteiger partial charge >= 0.3 is 0 Å². The molecule has 164 valence electrons. The lowest BCUT2D eigenvalue weighted by Gasteiger charge is -2.16. The number of aromatic nitrogens is 3. The summed E-state index contributed by atoms with van der Waals surface area (Å²) in [5.74, 6) is 0.231. The van der Waals surface area contributed by atoms with Gasteiger partial charge < -0.3 is 20.4 Å². The molecule has 32 heavy (non-hydrogen) atoms. The van der Waals surface area contributed by atoms with Crippen LogP contribution in [0.3, 0.4) is 0 Å².